The van der Waals surface area contributed by atoms with Crippen LogP contribution >= 0.6 is 0 Å². The molecule has 4 saturated heterocycles. The van der Waals surface area contributed by atoms with Gasteiger partial charge in [-0.3, -0.25) is 9.88 Å². The number of anilines is 1. The van der Waals surface area contributed by atoms with E-state index >= 15 is 4.39 Å². The lowest BCUT2D eigenvalue weighted by molar-refractivity contribution is 0.107. The number of benzene rings is 2. The van der Waals surface area contributed by atoms with Gasteiger partial charge in [0, 0.05) is 36.8 Å². The summed E-state index contributed by atoms with van der Waals surface area (Å²) >= 11 is 0. The van der Waals surface area contributed by atoms with Crippen LogP contribution in [-0.4, -0.2) is 68.4 Å². The maximum atomic E-state index is 16.8. The summed E-state index contributed by atoms with van der Waals surface area (Å²) in [6.45, 7) is 3.33. The second-order valence-electron chi connectivity index (χ2n) is 13.1. The first-order valence-electron chi connectivity index (χ1n) is 16.0. The Labute approximate surface area is 254 Å². The van der Waals surface area contributed by atoms with Crippen molar-refractivity contribution in [1.82, 2.24) is 19.9 Å². The Bertz CT molecular complexity index is 1770. The fraction of sp³-hybridized carbons (Fsp3) is 0.500. The number of aryl methyl sites for hydroxylation is 1. The Kier molecular flexibility index (Phi) is 6.63. The van der Waals surface area contributed by atoms with Gasteiger partial charge in [-0.25, -0.2) is 13.2 Å². The molecule has 0 radical (unpaired) electrons. The number of phenols is 1. The molecule has 0 aliphatic carbocycles. The third-order valence-corrected chi connectivity index (χ3v) is 10.6. The molecule has 2 aromatic heterocycles. The van der Waals surface area contributed by atoms with Crippen molar-refractivity contribution < 1.29 is 23.0 Å². The molecule has 0 saturated carbocycles. The van der Waals surface area contributed by atoms with E-state index in [1.165, 1.54) is 12.1 Å². The maximum absolute atomic E-state index is 16.8. The minimum atomic E-state index is -0.892. The van der Waals surface area contributed by atoms with E-state index < -0.39 is 23.3 Å². The summed E-state index contributed by atoms with van der Waals surface area (Å²) in [7, 11) is 0. The predicted molar refractivity (Wildman–Crippen MR) is 163 cm³/mol. The Morgan fingerprint density at radius 2 is 1.89 bits per heavy atom. The van der Waals surface area contributed by atoms with Crippen LogP contribution in [0.5, 0.6) is 11.8 Å². The van der Waals surface area contributed by atoms with Crippen molar-refractivity contribution in [1.29, 1.82) is 0 Å². The molecule has 6 heterocycles. The number of hydrogen-bond donors (Lipinski definition) is 1. The van der Waals surface area contributed by atoms with E-state index in [2.05, 4.69) is 19.8 Å². The van der Waals surface area contributed by atoms with E-state index in [0.29, 0.717) is 64.6 Å². The highest BCUT2D eigenvalue weighted by molar-refractivity contribution is 6.01. The zero-order valence-corrected chi connectivity index (χ0v) is 24.8. The molecule has 2 bridgehead atoms. The van der Waals surface area contributed by atoms with Crippen LogP contribution in [0.4, 0.5) is 19.0 Å². The molecule has 0 amide bonds. The van der Waals surface area contributed by atoms with Crippen LogP contribution in [0.3, 0.4) is 0 Å². The number of ether oxygens (including phenoxy) is 1. The number of phenolic OH excluding ortho intramolecular Hbond substituents is 1. The number of alkyl halides is 1. The largest absolute Gasteiger partial charge is 0.508 e. The number of halogens is 3. The van der Waals surface area contributed by atoms with E-state index in [4.69, 9.17) is 9.72 Å². The second-order valence-corrected chi connectivity index (χ2v) is 13.1. The van der Waals surface area contributed by atoms with E-state index in [0.717, 1.165) is 51.5 Å². The zero-order valence-electron chi connectivity index (χ0n) is 24.8. The lowest BCUT2D eigenvalue weighted by atomic mass is 9.94. The smallest absolute Gasteiger partial charge is 0.319 e. The fourth-order valence-corrected chi connectivity index (χ4v) is 8.61. The summed E-state index contributed by atoms with van der Waals surface area (Å²) in [6, 6.07) is 6.61. The third-order valence-electron chi connectivity index (χ3n) is 10.6. The lowest BCUT2D eigenvalue weighted by Gasteiger charge is -2.36. The number of hydrogen-bond acceptors (Lipinski definition) is 7. The Morgan fingerprint density at radius 1 is 1.07 bits per heavy atom. The van der Waals surface area contributed by atoms with Gasteiger partial charge in [0.1, 0.15) is 41.4 Å². The number of aromatic hydroxyl groups is 1. The molecule has 2 aromatic carbocycles. The SMILES string of the molecule is CCc1c(F)ccc2cc(O)cc(-c3ncc4c(N5C6CCCC5CC6)nc(OC[C@@]56CCCN5C[C@H](F)C6)nc4c3F)c12. The average molecular weight is 604 g/mol. The first kappa shape index (κ1) is 27.9. The van der Waals surface area contributed by atoms with Gasteiger partial charge in [-0.15, -0.1) is 0 Å². The van der Waals surface area contributed by atoms with Crippen LogP contribution in [0.2, 0.25) is 0 Å². The summed E-state index contributed by atoms with van der Waals surface area (Å²) < 4.78 is 52.5. The van der Waals surface area contributed by atoms with Gasteiger partial charge in [-0.05, 0) is 92.4 Å². The van der Waals surface area contributed by atoms with Crippen LogP contribution in [0.25, 0.3) is 32.9 Å². The van der Waals surface area contributed by atoms with Gasteiger partial charge < -0.3 is 14.7 Å². The van der Waals surface area contributed by atoms with E-state index in [1.54, 1.807) is 18.3 Å². The number of pyridine rings is 1. The molecule has 2 unspecified atom stereocenters. The van der Waals surface area contributed by atoms with E-state index in [9.17, 15) is 13.9 Å². The highest BCUT2D eigenvalue weighted by atomic mass is 19.1. The molecule has 230 valence electrons. The van der Waals surface area contributed by atoms with E-state index in [-0.39, 0.29) is 29.6 Å². The summed E-state index contributed by atoms with van der Waals surface area (Å²) in [6.07, 6.45) is 8.68. The van der Waals surface area contributed by atoms with Crippen LogP contribution in [0.1, 0.15) is 63.9 Å². The van der Waals surface area contributed by atoms with Crippen molar-refractivity contribution in [3.63, 3.8) is 0 Å². The molecule has 44 heavy (non-hydrogen) atoms. The monoisotopic (exact) mass is 603 g/mol. The second kappa shape index (κ2) is 10.5. The topological polar surface area (TPSA) is 74.6 Å². The van der Waals surface area contributed by atoms with Crippen LogP contribution in [0.15, 0.2) is 30.5 Å². The normalized spacial score (nSPS) is 26.6. The summed E-state index contributed by atoms with van der Waals surface area (Å²) in [4.78, 5) is 18.6. The van der Waals surface area contributed by atoms with Crippen LogP contribution in [0, 0.1) is 11.6 Å². The number of rotatable bonds is 6. The van der Waals surface area contributed by atoms with Gasteiger partial charge in [-0.2, -0.15) is 9.97 Å². The number of nitrogens with zero attached hydrogens (tertiary/aromatic N) is 5. The molecule has 7 nitrogen and oxygen atoms in total. The number of aromatic nitrogens is 3. The first-order valence-corrected chi connectivity index (χ1v) is 16.0. The molecule has 4 aliphatic rings. The van der Waals surface area contributed by atoms with Crippen molar-refractivity contribution in [2.45, 2.75) is 88.5 Å². The van der Waals surface area contributed by atoms with Gasteiger partial charge in [0.15, 0.2) is 5.82 Å². The summed E-state index contributed by atoms with van der Waals surface area (Å²) in [5.41, 5.74) is 0.385. The Morgan fingerprint density at radius 3 is 2.68 bits per heavy atom. The molecular weight excluding hydrogens is 567 g/mol. The highest BCUT2D eigenvalue weighted by Gasteiger charge is 2.49. The molecule has 1 N–H and O–H groups in total. The van der Waals surface area contributed by atoms with Gasteiger partial charge in [0.25, 0.3) is 0 Å². The zero-order chi connectivity index (χ0) is 30.2. The summed E-state index contributed by atoms with van der Waals surface area (Å²) in [5, 5.41) is 12.2. The van der Waals surface area contributed by atoms with Gasteiger partial charge in [-0.1, -0.05) is 13.0 Å². The summed E-state index contributed by atoms with van der Waals surface area (Å²) in [5.74, 6) is -0.518. The van der Waals surface area contributed by atoms with Gasteiger partial charge >= 0.3 is 6.01 Å². The average Bonchev–Trinajstić information content (AvgIpc) is 3.62. The van der Waals surface area contributed by atoms with Crippen molar-refractivity contribution >= 4 is 27.5 Å². The van der Waals surface area contributed by atoms with Crippen molar-refractivity contribution in [2.24, 2.45) is 0 Å². The van der Waals surface area contributed by atoms with Gasteiger partial charge in [0.2, 0.25) is 0 Å². The molecule has 4 aliphatic heterocycles. The first-order chi connectivity index (χ1) is 21.3. The molecule has 8 rings (SSSR count). The molecular formula is C34H36F3N5O2. The Hall–Kier alpha value is -3.66. The highest BCUT2D eigenvalue weighted by Crippen LogP contribution is 2.44. The minimum Gasteiger partial charge on any atom is -0.508 e. The molecule has 0 spiro atoms. The van der Waals surface area contributed by atoms with Crippen LogP contribution in [-0.2, 0) is 6.42 Å². The van der Waals surface area contributed by atoms with Crippen molar-refractivity contribution in [3.8, 4) is 23.0 Å². The Balaban J connectivity index is 1.29. The fourth-order valence-electron chi connectivity index (χ4n) is 8.61. The van der Waals surface area contributed by atoms with Gasteiger partial charge in [0.05, 0.1) is 10.9 Å². The van der Waals surface area contributed by atoms with E-state index in [1.807, 2.05) is 6.92 Å². The molecule has 4 aromatic rings. The standard InChI is InChI=1S/C34H36F3N5O2/c1-2-24-27(36)10-7-19-13-23(43)14-25(28(19)24)30-29(37)31-26(16-38-30)32(42-21-5-3-6-22(42)9-8-21)40-33(39-31)44-18-34-11-4-12-41(34)17-20(35)15-34/h7,10,13-14,16,20-22,43H,2-6,8-9,11-12,15,17-18H2,1H3/t20-,21?,22?,34+/m1/s1. The quantitative estimate of drug-likeness (QED) is 0.258. The molecule has 10 heteroatoms. The molecule has 4 fully saturated rings. The molecule has 4 atom stereocenters. The lowest BCUT2D eigenvalue weighted by Crippen LogP contribution is -2.43. The maximum Gasteiger partial charge on any atom is 0.319 e. The van der Waals surface area contributed by atoms with Crippen LogP contribution < -0.4 is 9.64 Å². The van der Waals surface area contributed by atoms with Crippen molar-refractivity contribution in [2.75, 3.05) is 24.6 Å². The third kappa shape index (κ3) is 4.31. The predicted octanol–water partition coefficient (Wildman–Crippen LogP) is 6.87. The van der Waals surface area contributed by atoms with Crippen molar-refractivity contribution in [3.05, 3.63) is 47.7 Å². The number of fused-ring (bicyclic) bond motifs is 5. The minimum absolute atomic E-state index is 0.0208. The number of piperidine rings is 1.